The molecule has 5 amide bonds. The Morgan fingerprint density at radius 3 is 2.31 bits per heavy atom. The molecule has 4 atom stereocenters. The Balaban J connectivity index is 0.683. The number of nitrogens with one attached hydrogen (secondary N) is 3. The van der Waals surface area contributed by atoms with Crippen LogP contribution in [0, 0.1) is 21.8 Å². The van der Waals surface area contributed by atoms with E-state index in [2.05, 4.69) is 20.9 Å². The van der Waals surface area contributed by atoms with Crippen molar-refractivity contribution in [1.29, 1.82) is 0 Å². The minimum absolute atomic E-state index is 0.0517. The van der Waals surface area contributed by atoms with E-state index >= 15 is 4.39 Å². The number of non-ortho nitro benzene ring substituents is 1. The predicted octanol–water partition coefficient (Wildman–Crippen LogP) is 7.68. The Morgan fingerprint density at radius 2 is 1.58 bits per heavy atom. The summed E-state index contributed by atoms with van der Waals surface area (Å²) in [6.45, 7) is 3.50. The summed E-state index contributed by atoms with van der Waals surface area (Å²) in [6, 6.07) is 19.6. The van der Waals surface area contributed by atoms with Crippen molar-refractivity contribution in [3.8, 4) is 0 Å². The molecule has 2 saturated carbocycles. The van der Waals surface area contributed by atoms with E-state index in [0.717, 1.165) is 62.2 Å². The maximum atomic E-state index is 16.4. The number of halogens is 3. The monoisotopic (exact) mass is 1090 g/mol. The molecule has 77 heavy (non-hydrogen) atoms. The van der Waals surface area contributed by atoms with Crippen LogP contribution < -0.4 is 21.6 Å². The molecule has 4 aromatic carbocycles. The van der Waals surface area contributed by atoms with Crippen molar-refractivity contribution in [2.75, 3.05) is 38.0 Å². The highest BCUT2D eigenvalue weighted by molar-refractivity contribution is 6.31. The van der Waals surface area contributed by atoms with Gasteiger partial charge in [-0.2, -0.15) is 0 Å². The molecule has 6 aliphatic rings. The normalized spacial score (nSPS) is 25.4. The van der Waals surface area contributed by atoms with Crippen molar-refractivity contribution < 1.29 is 33.3 Å². The second-order valence-electron chi connectivity index (χ2n) is 22.0. The molecule has 3 N–H and O–H groups in total. The fourth-order valence-electron chi connectivity index (χ4n) is 13.9. The number of likely N-dealkylation sites (tertiary alicyclic amines) is 1. The molecule has 3 saturated heterocycles. The number of aromatic nitrogens is 2. The van der Waals surface area contributed by atoms with Gasteiger partial charge in [-0.15, -0.1) is 0 Å². The third-order valence-electron chi connectivity index (χ3n) is 17.8. The number of fused-ring (bicyclic) bond motifs is 4. The van der Waals surface area contributed by atoms with Crippen LogP contribution in [0.1, 0.15) is 111 Å². The summed E-state index contributed by atoms with van der Waals surface area (Å²) in [4.78, 5) is 100. The molecule has 2 spiro atoms. The lowest BCUT2D eigenvalue weighted by Gasteiger charge is -2.47. The van der Waals surface area contributed by atoms with Crippen molar-refractivity contribution in [3.05, 3.63) is 138 Å². The van der Waals surface area contributed by atoms with Crippen molar-refractivity contribution in [1.82, 2.24) is 34.5 Å². The number of benzene rings is 4. The van der Waals surface area contributed by atoms with Crippen LogP contribution in [-0.2, 0) is 49.4 Å². The molecular weight excluding hydrogens is 1030 g/mol. The van der Waals surface area contributed by atoms with Gasteiger partial charge in [-0.05, 0) is 117 Å². The zero-order valence-electron chi connectivity index (χ0n) is 42.9. The highest BCUT2D eigenvalue weighted by Crippen LogP contribution is 2.63. The number of nitro benzene ring substituents is 1. The van der Waals surface area contributed by atoms with Gasteiger partial charge in [0.2, 0.25) is 23.6 Å². The number of nitrogens with zero attached hydrogens (tertiary/aromatic N) is 6. The SMILES string of the molecule is Cn1c(=O)n(C2CCC(=O)N(Cc3ccc([N+](=O)[O-])cc3)C2=O)c2ccc(CCCN3CCN(C(=O)C4CCC(NC(=O)[C@@H]5NC6(CCCCC6)[C@@]6(C(=O)Nc7cc(Cl)ccc76)[C@H]5c5cccc(Cl)c5F)CC4)CC3)cc21. The van der Waals surface area contributed by atoms with E-state index < -0.39 is 45.6 Å². The Kier molecular flexibility index (Phi) is 14.4. The van der Waals surface area contributed by atoms with E-state index in [9.17, 15) is 38.9 Å². The molecule has 0 bridgehead atoms. The van der Waals surface area contributed by atoms with Crippen LogP contribution in [0.3, 0.4) is 0 Å². The van der Waals surface area contributed by atoms with Crippen molar-refractivity contribution in [2.45, 2.75) is 125 Å². The Bertz CT molecular complexity index is 3250. The zero-order valence-corrected chi connectivity index (χ0v) is 44.4. The Hall–Kier alpha value is -6.47. The first-order chi connectivity index (χ1) is 37.1. The van der Waals surface area contributed by atoms with E-state index in [-0.39, 0.29) is 76.9 Å². The van der Waals surface area contributed by atoms with Crippen LogP contribution in [0.15, 0.2) is 83.7 Å². The third kappa shape index (κ3) is 9.31. The Morgan fingerprint density at radius 1 is 0.857 bits per heavy atom. The number of rotatable bonds is 12. The number of hydrogen-bond acceptors (Lipinski definition) is 10. The maximum absolute atomic E-state index is 16.4. The van der Waals surface area contributed by atoms with Gasteiger partial charge in [-0.25, -0.2) is 9.18 Å². The fourth-order valence-corrected chi connectivity index (χ4v) is 14.3. The average molecular weight is 1090 g/mol. The molecule has 11 rings (SSSR count). The molecule has 5 heterocycles. The highest BCUT2D eigenvalue weighted by atomic mass is 35.5. The number of hydrogen-bond donors (Lipinski definition) is 3. The summed E-state index contributed by atoms with van der Waals surface area (Å²) in [5.41, 5.74) is 1.76. The molecule has 17 nitrogen and oxygen atoms in total. The first-order valence-corrected chi connectivity index (χ1v) is 27.8. The molecule has 2 aliphatic carbocycles. The van der Waals surface area contributed by atoms with Gasteiger partial charge >= 0.3 is 5.69 Å². The number of piperidine rings is 1. The standard InChI is InChI=1S/C57H62Cl2FN9O8/c1-64-46-31-34(12-21-44(46)68(55(64)75)45-22-23-47(70)67(53(45)73)33-35-10-18-39(19-11-35)69(76)77)7-6-26-65-27-29-66(30-28-65)52(72)36-13-16-38(17-14-36)61-51(71)50-48(40-8-5-9-42(59)49(40)60)57(56(63-50)24-3-2-4-25-56)41-20-15-37(58)32-43(41)62-54(57)74/h5,8-12,15,18-21,31-32,36,38,45,48,50,63H,2-4,6-7,13-14,16-17,22-30,33H2,1H3,(H,61,71)(H,62,74)/t36?,38?,45?,48-,50+,57+/m0/s1. The molecule has 5 fully saturated rings. The number of imidazole rings is 1. The number of carbonyl (C=O) groups excluding carboxylic acids is 5. The largest absolute Gasteiger partial charge is 0.352 e. The van der Waals surface area contributed by atoms with Gasteiger partial charge in [-0.3, -0.25) is 58.3 Å². The van der Waals surface area contributed by atoms with Crippen LogP contribution >= 0.6 is 23.2 Å². The maximum Gasteiger partial charge on any atom is 0.329 e. The van der Waals surface area contributed by atoms with Crippen molar-refractivity contribution in [2.24, 2.45) is 13.0 Å². The smallest absolute Gasteiger partial charge is 0.329 e. The third-order valence-corrected chi connectivity index (χ3v) is 18.3. The number of carbonyl (C=O) groups is 5. The fraction of sp³-hybridized carbons (Fsp3) is 0.474. The number of imide groups is 1. The zero-order chi connectivity index (χ0) is 53.9. The van der Waals surface area contributed by atoms with E-state index in [0.29, 0.717) is 84.5 Å². The second-order valence-corrected chi connectivity index (χ2v) is 22.8. The lowest BCUT2D eigenvalue weighted by molar-refractivity contribution is -0.384. The first-order valence-electron chi connectivity index (χ1n) is 27.0. The van der Waals surface area contributed by atoms with Crippen molar-refractivity contribution >= 4 is 75.1 Å². The van der Waals surface area contributed by atoms with Gasteiger partial charge in [0.15, 0.2) is 0 Å². The molecule has 20 heteroatoms. The number of nitro groups is 1. The number of aryl methyl sites for hydroxylation is 2. The molecule has 1 aromatic heterocycles. The van der Waals surface area contributed by atoms with Gasteiger partial charge < -0.3 is 15.5 Å². The van der Waals surface area contributed by atoms with Crippen LogP contribution in [0.25, 0.3) is 11.0 Å². The number of piperazine rings is 1. The molecule has 0 radical (unpaired) electrons. The van der Waals surface area contributed by atoms with Gasteiger partial charge in [0.1, 0.15) is 17.3 Å². The summed E-state index contributed by atoms with van der Waals surface area (Å²) in [7, 11) is 1.68. The second kappa shape index (κ2) is 21.1. The van der Waals surface area contributed by atoms with E-state index in [1.807, 2.05) is 29.2 Å². The van der Waals surface area contributed by atoms with Gasteiger partial charge in [0.25, 0.3) is 11.6 Å². The molecule has 1 unspecified atom stereocenters. The van der Waals surface area contributed by atoms with Gasteiger partial charge in [0, 0.05) is 85.9 Å². The number of anilines is 1. The van der Waals surface area contributed by atoms with Crippen molar-refractivity contribution in [3.63, 3.8) is 0 Å². The van der Waals surface area contributed by atoms with Gasteiger partial charge in [0.05, 0.1) is 33.6 Å². The summed E-state index contributed by atoms with van der Waals surface area (Å²) in [5.74, 6) is -3.03. The highest BCUT2D eigenvalue weighted by Gasteiger charge is 2.72. The summed E-state index contributed by atoms with van der Waals surface area (Å²) < 4.78 is 19.4. The van der Waals surface area contributed by atoms with E-state index in [1.54, 1.807) is 31.3 Å². The topological polar surface area (TPSA) is 201 Å². The summed E-state index contributed by atoms with van der Waals surface area (Å²) in [5, 5.41) is 21.6. The van der Waals surface area contributed by atoms with Crippen LogP contribution in [0.4, 0.5) is 15.8 Å². The van der Waals surface area contributed by atoms with E-state index in [1.165, 1.54) is 39.5 Å². The quantitative estimate of drug-likeness (QED) is 0.0632. The van der Waals surface area contributed by atoms with Crippen LogP contribution in [0.5, 0.6) is 0 Å². The van der Waals surface area contributed by atoms with E-state index in [4.69, 9.17) is 23.2 Å². The average Bonchev–Trinajstić information content (AvgIpc) is 4.18. The lowest BCUT2D eigenvalue weighted by atomic mass is 9.55. The first kappa shape index (κ1) is 52.6. The minimum atomic E-state index is -1.32. The molecule has 4 aliphatic heterocycles. The Labute approximate surface area is 454 Å². The van der Waals surface area contributed by atoms with Gasteiger partial charge in [-0.1, -0.05) is 78.9 Å². The summed E-state index contributed by atoms with van der Waals surface area (Å²) in [6.07, 6.45) is 8.26. The molecule has 404 valence electrons. The van der Waals surface area contributed by atoms with Crippen LogP contribution in [-0.4, -0.2) is 109 Å². The predicted molar refractivity (Wildman–Crippen MR) is 288 cm³/mol. The minimum Gasteiger partial charge on any atom is -0.352 e. The molecule has 5 aromatic rings. The van der Waals surface area contributed by atoms with Crippen LogP contribution in [0.2, 0.25) is 10.0 Å². The summed E-state index contributed by atoms with van der Waals surface area (Å²) >= 11 is 12.9. The molecular formula is C57H62Cl2FN9O8. The lowest BCUT2D eigenvalue weighted by Crippen LogP contribution is -2.60. The number of amides is 5.